The van der Waals surface area contributed by atoms with Gasteiger partial charge in [0.25, 0.3) is 5.69 Å². The molecule has 0 saturated carbocycles. The third-order valence-corrected chi connectivity index (χ3v) is 3.00. The van der Waals surface area contributed by atoms with E-state index < -0.39 is 28.8 Å². The van der Waals surface area contributed by atoms with Crippen LogP contribution in [0.1, 0.15) is 17.2 Å². The number of nitrogens with zero attached hydrogens (tertiary/aromatic N) is 1. The van der Waals surface area contributed by atoms with Gasteiger partial charge in [0.05, 0.1) is 10.6 Å². The van der Waals surface area contributed by atoms with Crippen molar-refractivity contribution in [2.24, 2.45) is 0 Å². The molecule has 9 heteroatoms. The molecule has 0 bridgehead atoms. The van der Waals surface area contributed by atoms with Crippen molar-refractivity contribution >= 4 is 11.4 Å². The van der Waals surface area contributed by atoms with Gasteiger partial charge in [0.15, 0.2) is 0 Å². The zero-order valence-electron chi connectivity index (χ0n) is 11.3. The summed E-state index contributed by atoms with van der Waals surface area (Å²) in [5, 5.41) is 21.7. The summed E-state index contributed by atoms with van der Waals surface area (Å²) in [5.41, 5.74) is -0.789. The molecule has 1 atom stereocenters. The Morgan fingerprint density at radius 2 is 1.65 bits per heavy atom. The van der Waals surface area contributed by atoms with Crippen molar-refractivity contribution < 1.29 is 27.6 Å². The fourth-order valence-electron chi connectivity index (χ4n) is 1.93. The second kappa shape index (κ2) is 6.21. The average molecular weight is 330 g/mol. The Morgan fingerprint density at radius 3 is 2.17 bits per heavy atom. The van der Waals surface area contributed by atoms with E-state index in [1.165, 1.54) is 12.1 Å². The third-order valence-electron chi connectivity index (χ3n) is 3.00. The van der Waals surface area contributed by atoms with E-state index in [-0.39, 0.29) is 16.8 Å². The molecule has 0 aliphatic heterocycles. The highest BCUT2D eigenvalue weighted by atomic mass is 19.4. The molecule has 0 aliphatic rings. The Labute approximate surface area is 127 Å². The van der Waals surface area contributed by atoms with E-state index in [1.54, 1.807) is 0 Å². The van der Waals surface area contributed by atoms with Crippen molar-refractivity contribution in [3.05, 3.63) is 69.5 Å². The van der Waals surface area contributed by atoms with Crippen LogP contribution in [0.2, 0.25) is 0 Å². The second-order valence-electron chi connectivity index (χ2n) is 4.61. The monoisotopic (exact) mass is 330 g/mol. The molecule has 0 saturated heterocycles. The molecule has 2 aromatic carbocycles. The number of aliphatic hydroxyl groups is 1. The van der Waals surface area contributed by atoms with E-state index in [1.807, 2.05) is 0 Å². The van der Waals surface area contributed by atoms with E-state index in [0.717, 1.165) is 35.6 Å². The second-order valence-corrected chi connectivity index (χ2v) is 4.61. The predicted molar refractivity (Wildman–Crippen MR) is 73.2 cm³/mol. The van der Waals surface area contributed by atoms with E-state index in [9.17, 15) is 32.8 Å². The fraction of sp³-hybridized carbons (Fsp3) is 0.143. The number of nitrogens with one attached hydrogen (secondary N) is 1. The molecule has 0 heterocycles. The summed E-state index contributed by atoms with van der Waals surface area (Å²) < 4.78 is 50.3. The number of nitro benzene ring substituents is 1. The zero-order chi connectivity index (χ0) is 17.2. The molecule has 5 nitrogen and oxygen atoms in total. The van der Waals surface area contributed by atoms with Gasteiger partial charge in [-0.1, -0.05) is 6.07 Å². The summed E-state index contributed by atoms with van der Waals surface area (Å²) in [6.45, 7) is 0. The van der Waals surface area contributed by atoms with Crippen LogP contribution in [-0.4, -0.2) is 16.3 Å². The van der Waals surface area contributed by atoms with Crippen molar-refractivity contribution in [2.45, 2.75) is 12.4 Å². The van der Waals surface area contributed by atoms with Gasteiger partial charge < -0.3 is 5.11 Å². The van der Waals surface area contributed by atoms with Gasteiger partial charge >= 0.3 is 6.30 Å². The number of halogens is 4. The first kappa shape index (κ1) is 16.7. The van der Waals surface area contributed by atoms with E-state index in [0.29, 0.717) is 0 Å². The van der Waals surface area contributed by atoms with Gasteiger partial charge in [0.2, 0.25) is 0 Å². The zero-order valence-corrected chi connectivity index (χ0v) is 11.3. The maximum atomic E-state index is 13.4. The fourth-order valence-corrected chi connectivity index (χ4v) is 1.93. The lowest BCUT2D eigenvalue weighted by Gasteiger charge is -2.15. The van der Waals surface area contributed by atoms with Gasteiger partial charge in [0.1, 0.15) is 11.9 Å². The standard InChI is InChI=1S/C14H10F4N2O3/c15-11-6-3-9(7-12(11)19-14(16,17)18)13(21)8-1-4-10(5-2-8)20(22)23/h1-7,13,19,21H. The van der Waals surface area contributed by atoms with Gasteiger partial charge in [-0.2, -0.15) is 13.2 Å². The van der Waals surface area contributed by atoms with Crippen LogP contribution in [0.25, 0.3) is 0 Å². The molecule has 2 aromatic rings. The van der Waals surface area contributed by atoms with Crippen LogP contribution in [0.3, 0.4) is 0 Å². The maximum Gasteiger partial charge on any atom is 0.482 e. The largest absolute Gasteiger partial charge is 0.482 e. The molecule has 23 heavy (non-hydrogen) atoms. The Morgan fingerprint density at radius 1 is 1.09 bits per heavy atom. The van der Waals surface area contributed by atoms with Crippen molar-refractivity contribution in [3.63, 3.8) is 0 Å². The van der Waals surface area contributed by atoms with Crippen LogP contribution in [0.15, 0.2) is 42.5 Å². The third kappa shape index (κ3) is 4.16. The number of benzene rings is 2. The summed E-state index contributed by atoms with van der Waals surface area (Å²) >= 11 is 0. The molecular formula is C14H10F4N2O3. The minimum atomic E-state index is -4.82. The number of anilines is 1. The number of hydrogen-bond acceptors (Lipinski definition) is 4. The summed E-state index contributed by atoms with van der Waals surface area (Å²) in [4.78, 5) is 9.93. The molecule has 1 unspecified atom stereocenters. The topological polar surface area (TPSA) is 75.4 Å². The Bertz CT molecular complexity index is 717. The van der Waals surface area contributed by atoms with Gasteiger partial charge in [-0.25, -0.2) is 4.39 Å². The van der Waals surface area contributed by atoms with Gasteiger partial charge in [-0.05, 0) is 35.4 Å². The molecule has 0 fully saturated rings. The van der Waals surface area contributed by atoms with Crippen LogP contribution in [0.5, 0.6) is 0 Å². The number of aliphatic hydroxyl groups excluding tert-OH is 1. The first-order chi connectivity index (χ1) is 10.7. The lowest BCUT2D eigenvalue weighted by molar-refractivity contribution is -0.384. The molecule has 0 aromatic heterocycles. The van der Waals surface area contributed by atoms with Crippen molar-refractivity contribution in [1.82, 2.24) is 0 Å². The first-order valence-corrected chi connectivity index (χ1v) is 6.24. The van der Waals surface area contributed by atoms with Gasteiger partial charge in [-0.15, -0.1) is 0 Å². The molecule has 0 aliphatic carbocycles. The number of nitro groups is 1. The quantitative estimate of drug-likeness (QED) is 0.387. The summed E-state index contributed by atoms with van der Waals surface area (Å²) in [7, 11) is 0. The highest BCUT2D eigenvalue weighted by molar-refractivity contribution is 5.50. The van der Waals surface area contributed by atoms with Crippen LogP contribution >= 0.6 is 0 Å². The van der Waals surface area contributed by atoms with E-state index >= 15 is 0 Å². The smallest absolute Gasteiger partial charge is 0.384 e. The average Bonchev–Trinajstić information content (AvgIpc) is 2.47. The minimum Gasteiger partial charge on any atom is -0.384 e. The number of non-ortho nitro benzene ring substituents is 1. The Hall–Kier alpha value is -2.68. The number of hydrogen-bond donors (Lipinski definition) is 2. The Balaban J connectivity index is 2.30. The molecule has 0 amide bonds. The van der Waals surface area contributed by atoms with Crippen molar-refractivity contribution in [2.75, 3.05) is 5.32 Å². The molecular weight excluding hydrogens is 320 g/mol. The lowest BCUT2D eigenvalue weighted by atomic mass is 10.0. The Kier molecular flexibility index (Phi) is 4.50. The highest BCUT2D eigenvalue weighted by Gasteiger charge is 2.29. The van der Waals surface area contributed by atoms with Crippen molar-refractivity contribution in [1.29, 1.82) is 0 Å². The predicted octanol–water partition coefficient (Wildman–Crippen LogP) is 3.75. The van der Waals surface area contributed by atoms with Gasteiger partial charge in [-0.3, -0.25) is 15.4 Å². The highest BCUT2D eigenvalue weighted by Crippen LogP contribution is 2.29. The lowest BCUT2D eigenvalue weighted by Crippen LogP contribution is -2.21. The molecule has 0 spiro atoms. The van der Waals surface area contributed by atoms with Crippen LogP contribution in [0, 0.1) is 15.9 Å². The van der Waals surface area contributed by atoms with Crippen LogP contribution in [-0.2, 0) is 0 Å². The minimum absolute atomic E-state index is 0.00648. The van der Waals surface area contributed by atoms with Crippen LogP contribution in [0.4, 0.5) is 28.9 Å². The normalized spacial score (nSPS) is 12.7. The van der Waals surface area contributed by atoms with Crippen molar-refractivity contribution in [3.8, 4) is 0 Å². The molecule has 2 rings (SSSR count). The SMILES string of the molecule is O=[N+]([O-])c1ccc(C(O)c2ccc(F)c(NC(F)(F)F)c2)cc1. The molecule has 2 N–H and O–H groups in total. The summed E-state index contributed by atoms with van der Waals surface area (Å²) in [6, 6.07) is 7.58. The van der Waals surface area contributed by atoms with E-state index in [4.69, 9.17) is 0 Å². The number of rotatable bonds is 4. The molecule has 0 radical (unpaired) electrons. The summed E-state index contributed by atoms with van der Waals surface area (Å²) in [6.07, 6.45) is -6.18. The van der Waals surface area contributed by atoms with Gasteiger partial charge in [0, 0.05) is 12.1 Å². The summed E-state index contributed by atoms with van der Waals surface area (Å²) in [5.74, 6) is -1.12. The number of alkyl halides is 3. The first-order valence-electron chi connectivity index (χ1n) is 6.24. The molecule has 122 valence electrons. The van der Waals surface area contributed by atoms with Crippen LogP contribution < -0.4 is 5.32 Å². The van der Waals surface area contributed by atoms with E-state index in [2.05, 4.69) is 0 Å². The maximum absolute atomic E-state index is 13.4.